The zero-order chi connectivity index (χ0) is 23.5. The van der Waals surface area contributed by atoms with Crippen LogP contribution in [0.15, 0.2) is 91.0 Å². The van der Waals surface area contributed by atoms with Crippen LogP contribution < -0.4 is 10.7 Å². The zero-order valence-corrected chi connectivity index (χ0v) is 22.7. The summed E-state index contributed by atoms with van der Waals surface area (Å²) in [5, 5.41) is 11.2. The van der Waals surface area contributed by atoms with Gasteiger partial charge >= 0.3 is 203 Å². The van der Waals surface area contributed by atoms with Crippen LogP contribution in [0.2, 0.25) is 4.44 Å². The second-order valence-electron chi connectivity index (χ2n) is 8.77. The minimum atomic E-state index is -3.71. The quantitative estimate of drug-likeness (QED) is 0.270. The van der Waals surface area contributed by atoms with Gasteiger partial charge in [0.2, 0.25) is 0 Å². The molecule has 4 heteroatoms. The van der Waals surface area contributed by atoms with Gasteiger partial charge in [-0.25, -0.2) is 0 Å². The summed E-state index contributed by atoms with van der Waals surface area (Å²) in [5.74, 6) is -0.138. The van der Waals surface area contributed by atoms with Gasteiger partial charge in [0, 0.05) is 0 Å². The van der Waals surface area contributed by atoms with Gasteiger partial charge in [-0.05, 0) is 0 Å². The van der Waals surface area contributed by atoms with Crippen LogP contribution in [0.25, 0.3) is 0 Å². The predicted molar refractivity (Wildman–Crippen MR) is 139 cm³/mol. The van der Waals surface area contributed by atoms with E-state index in [2.05, 4.69) is 86.6 Å². The molecule has 0 aliphatic carbocycles. The number of rotatable bonds is 12. The van der Waals surface area contributed by atoms with Crippen LogP contribution in [-0.4, -0.2) is 42.2 Å². The third-order valence-electron chi connectivity index (χ3n) is 6.58. The number of aliphatic hydroxyl groups is 1. The number of hydrogen-bond acceptors (Lipinski definition) is 3. The Balaban J connectivity index is 1.94. The normalized spacial score (nSPS) is 13.3. The van der Waals surface area contributed by atoms with Crippen LogP contribution in [0.1, 0.15) is 39.5 Å². The van der Waals surface area contributed by atoms with Crippen molar-refractivity contribution in [3.8, 4) is 0 Å². The molecule has 2 atom stereocenters. The molecule has 3 aromatic rings. The molecule has 0 saturated heterocycles. The average Bonchev–Trinajstić information content (AvgIpc) is 2.88. The van der Waals surface area contributed by atoms with E-state index in [0.717, 1.165) is 25.7 Å². The average molecular weight is 551 g/mol. The number of hydrogen-bond donors (Lipinski definition) is 1. The summed E-state index contributed by atoms with van der Waals surface area (Å²) in [7, 11) is 0. The van der Waals surface area contributed by atoms with Crippen molar-refractivity contribution in [2.24, 2.45) is 5.92 Å². The van der Waals surface area contributed by atoms with E-state index in [-0.39, 0.29) is 0 Å². The van der Waals surface area contributed by atoms with Gasteiger partial charge in [0.15, 0.2) is 0 Å². The number of benzene rings is 3. The van der Waals surface area contributed by atoms with Gasteiger partial charge < -0.3 is 0 Å². The molecule has 0 saturated carbocycles. The summed E-state index contributed by atoms with van der Waals surface area (Å²) in [6.07, 6.45) is 3.15. The van der Waals surface area contributed by atoms with Crippen LogP contribution in [0.5, 0.6) is 0 Å². The summed E-state index contributed by atoms with van der Waals surface area (Å²) in [5.41, 5.74) is 0. The Hall–Kier alpha value is -2.11. The standard InChI is InChI=1S/C11H21O3.3C6H5.Sn/c1-4-6-7-10(5-2)8-14-11(13)9(3)12;3*1-2-4-6-5-3-1;/h9-10,12H,3-8H2,1-2H3;3*1-5H;. The van der Waals surface area contributed by atoms with Crippen molar-refractivity contribution < 1.29 is 14.6 Å². The van der Waals surface area contributed by atoms with E-state index >= 15 is 0 Å². The van der Waals surface area contributed by atoms with Gasteiger partial charge in [0.25, 0.3) is 0 Å². The van der Waals surface area contributed by atoms with E-state index in [1.807, 2.05) is 18.2 Å². The number of aliphatic hydroxyl groups excluding tert-OH is 1. The van der Waals surface area contributed by atoms with Crippen molar-refractivity contribution in [1.82, 2.24) is 0 Å². The molecule has 0 bridgehead atoms. The van der Waals surface area contributed by atoms with Crippen molar-refractivity contribution in [2.75, 3.05) is 6.61 Å². The molecule has 0 heterocycles. The maximum absolute atomic E-state index is 13.0. The van der Waals surface area contributed by atoms with E-state index in [0.29, 0.717) is 17.0 Å². The van der Waals surface area contributed by atoms with Crippen molar-refractivity contribution in [3.05, 3.63) is 91.0 Å². The number of unbranched alkanes of at least 4 members (excludes halogenated alkanes) is 1. The van der Waals surface area contributed by atoms with E-state index in [1.54, 1.807) is 0 Å². The monoisotopic (exact) mass is 552 g/mol. The van der Waals surface area contributed by atoms with Crippen molar-refractivity contribution in [2.45, 2.75) is 50.1 Å². The molecule has 2 unspecified atom stereocenters. The van der Waals surface area contributed by atoms with Gasteiger partial charge in [0.1, 0.15) is 0 Å². The van der Waals surface area contributed by atoms with Crippen LogP contribution >= 0.6 is 0 Å². The van der Waals surface area contributed by atoms with Gasteiger partial charge in [0.05, 0.1) is 0 Å². The molecule has 0 aliphatic rings. The Morgan fingerprint density at radius 1 is 0.818 bits per heavy atom. The fraction of sp³-hybridized carbons (Fsp3) is 0.345. The van der Waals surface area contributed by atoms with Crippen molar-refractivity contribution >= 4 is 35.1 Å². The molecule has 0 aliphatic heterocycles. The van der Waals surface area contributed by atoms with E-state index in [9.17, 15) is 9.90 Å². The summed E-state index contributed by atoms with van der Waals surface area (Å²) in [4.78, 5) is 13.0. The fourth-order valence-corrected chi connectivity index (χ4v) is 18.1. The number of ether oxygens (including phenoxy) is 1. The molecule has 0 spiro atoms. The summed E-state index contributed by atoms with van der Waals surface area (Å²) < 4.78 is 9.79. The Kier molecular flexibility index (Phi) is 10.0. The molecule has 0 fully saturated rings. The molecule has 3 aromatic carbocycles. The maximum atomic E-state index is 13.0. The van der Waals surface area contributed by atoms with Crippen LogP contribution in [-0.2, 0) is 9.53 Å². The van der Waals surface area contributed by atoms with E-state index in [1.165, 1.54) is 10.7 Å². The molecule has 0 radical (unpaired) electrons. The van der Waals surface area contributed by atoms with E-state index < -0.39 is 30.5 Å². The first-order valence-electron chi connectivity index (χ1n) is 12.1. The molecule has 3 rings (SSSR count). The van der Waals surface area contributed by atoms with Gasteiger partial charge in [-0.2, -0.15) is 0 Å². The van der Waals surface area contributed by atoms with Crippen molar-refractivity contribution in [1.29, 1.82) is 0 Å². The van der Waals surface area contributed by atoms with E-state index in [4.69, 9.17) is 4.74 Å². The fourth-order valence-electron chi connectivity index (χ4n) is 4.59. The topological polar surface area (TPSA) is 46.5 Å². The zero-order valence-electron chi connectivity index (χ0n) is 19.8. The molecule has 174 valence electrons. The molecule has 33 heavy (non-hydrogen) atoms. The molecule has 0 amide bonds. The van der Waals surface area contributed by atoms with Crippen LogP contribution in [0.3, 0.4) is 0 Å². The molecule has 0 aromatic heterocycles. The van der Waals surface area contributed by atoms with Crippen molar-refractivity contribution in [3.63, 3.8) is 0 Å². The number of carbonyl (C=O) groups excluding carboxylic acids is 1. The number of esters is 1. The predicted octanol–water partition coefficient (Wildman–Crippen LogP) is 4.28. The third kappa shape index (κ3) is 6.48. The minimum absolute atomic E-state index is 0.353. The first kappa shape index (κ1) is 25.5. The Morgan fingerprint density at radius 2 is 1.27 bits per heavy atom. The van der Waals surface area contributed by atoms with Gasteiger partial charge in [-0.15, -0.1) is 0 Å². The first-order valence-corrected chi connectivity index (χ1v) is 18.4. The molecular weight excluding hydrogens is 515 g/mol. The first-order chi connectivity index (χ1) is 16.1. The second-order valence-corrected chi connectivity index (χ2v) is 20.0. The summed E-state index contributed by atoms with van der Waals surface area (Å²) >= 11 is -3.71. The number of carbonyl (C=O) groups is 1. The Labute approximate surface area is 202 Å². The summed E-state index contributed by atoms with van der Waals surface area (Å²) in [6.45, 7) is 4.69. The Morgan fingerprint density at radius 3 is 1.67 bits per heavy atom. The Bertz CT molecular complexity index is 863. The van der Waals surface area contributed by atoms with Crippen LogP contribution in [0, 0.1) is 5.92 Å². The SMILES string of the molecule is CCCCC(CC)COC(=O)C(O)[CH2][Sn]([c]1ccccc1)([c]1ccccc1)[c]1ccccc1. The molecule has 1 N–H and O–H groups in total. The van der Waals surface area contributed by atoms with Crippen LogP contribution in [0.4, 0.5) is 0 Å². The van der Waals surface area contributed by atoms with Gasteiger partial charge in [-0.3, -0.25) is 0 Å². The molecule has 3 nitrogen and oxygen atoms in total. The van der Waals surface area contributed by atoms with Gasteiger partial charge in [-0.1, -0.05) is 0 Å². The third-order valence-corrected chi connectivity index (χ3v) is 20.7. The second kappa shape index (κ2) is 12.9. The summed E-state index contributed by atoms with van der Waals surface area (Å²) in [6, 6.07) is 31.3. The molecular formula is C29H36O3Sn.